The van der Waals surface area contributed by atoms with Gasteiger partial charge in [0.1, 0.15) is 17.2 Å². The molecule has 1 nitrogen and oxygen atoms in total. The van der Waals surface area contributed by atoms with E-state index in [2.05, 4.69) is 0 Å². The molecule has 96 valence electrons. The highest BCUT2D eigenvalue weighted by molar-refractivity contribution is 5.53. The maximum atomic E-state index is 13.3. The normalized spacial score (nSPS) is 27.0. The molecule has 0 unspecified atom stereocenters. The van der Waals surface area contributed by atoms with Crippen molar-refractivity contribution >= 4 is 0 Å². The van der Waals surface area contributed by atoms with Crippen LogP contribution >= 0.6 is 0 Å². The molecule has 0 saturated carbocycles. The minimum atomic E-state index is -1.08. The van der Waals surface area contributed by atoms with Crippen LogP contribution < -0.4 is 0 Å². The van der Waals surface area contributed by atoms with Crippen LogP contribution in [0.1, 0.15) is 22.3 Å². The van der Waals surface area contributed by atoms with Gasteiger partial charge >= 0.3 is 0 Å². The Kier molecular flexibility index (Phi) is 2.00. The molecule has 3 heteroatoms. The zero-order valence-electron chi connectivity index (χ0n) is 10.2. The first kappa shape index (κ1) is 11.1. The molecule has 0 fully saturated rings. The molecule has 0 bridgehead atoms. The summed E-state index contributed by atoms with van der Waals surface area (Å²) in [7, 11) is 0. The van der Waals surface area contributed by atoms with Gasteiger partial charge in [-0.05, 0) is 59.4 Å². The molecular weight excluding hydrogens is 246 g/mol. The van der Waals surface area contributed by atoms with Gasteiger partial charge in [0.15, 0.2) is 0 Å². The second-order valence-electron chi connectivity index (χ2n) is 5.47. The molecule has 0 saturated heterocycles. The molecule has 0 spiro atoms. The van der Waals surface area contributed by atoms with Crippen LogP contribution in [0.4, 0.5) is 8.78 Å². The molecule has 4 rings (SSSR count). The Labute approximate surface area is 109 Å². The first-order valence-electron chi connectivity index (χ1n) is 6.39. The summed E-state index contributed by atoms with van der Waals surface area (Å²) in [4.78, 5) is 0. The van der Waals surface area contributed by atoms with E-state index in [1.165, 1.54) is 24.3 Å². The van der Waals surface area contributed by atoms with Gasteiger partial charge in [-0.3, -0.25) is 0 Å². The Bertz CT molecular complexity index is 638. The van der Waals surface area contributed by atoms with Crippen molar-refractivity contribution in [1.82, 2.24) is 0 Å². The van der Waals surface area contributed by atoms with E-state index >= 15 is 0 Å². The van der Waals surface area contributed by atoms with E-state index in [4.69, 9.17) is 0 Å². The first-order chi connectivity index (χ1) is 9.09. The molecule has 2 aromatic carbocycles. The number of halogens is 2. The molecule has 1 N–H and O–H groups in total. The lowest BCUT2D eigenvalue weighted by molar-refractivity contribution is 0.0442. The molecule has 19 heavy (non-hydrogen) atoms. The van der Waals surface area contributed by atoms with Crippen molar-refractivity contribution in [2.45, 2.75) is 18.4 Å². The van der Waals surface area contributed by atoms with Crippen LogP contribution in [-0.4, -0.2) is 5.11 Å². The van der Waals surface area contributed by atoms with Gasteiger partial charge in [0, 0.05) is 5.92 Å². The second-order valence-corrected chi connectivity index (χ2v) is 5.47. The van der Waals surface area contributed by atoms with Crippen molar-refractivity contribution in [2.24, 2.45) is 5.92 Å². The SMILES string of the molecule is OC12c3ccc(F)cc3CC1Cc1cc(F)ccc12. The molecule has 2 aliphatic rings. The monoisotopic (exact) mass is 258 g/mol. The van der Waals surface area contributed by atoms with Gasteiger partial charge in [0.25, 0.3) is 0 Å². The van der Waals surface area contributed by atoms with Crippen LogP contribution in [0.5, 0.6) is 0 Å². The molecule has 0 radical (unpaired) electrons. The fourth-order valence-corrected chi connectivity index (χ4v) is 3.69. The van der Waals surface area contributed by atoms with Gasteiger partial charge in [-0.15, -0.1) is 0 Å². The molecule has 2 aromatic rings. The summed E-state index contributed by atoms with van der Waals surface area (Å²) in [5.41, 5.74) is 2.19. The van der Waals surface area contributed by atoms with E-state index in [1.54, 1.807) is 12.1 Å². The third-order valence-corrected chi connectivity index (χ3v) is 4.48. The number of aliphatic hydroxyl groups is 1. The molecule has 0 aliphatic heterocycles. The highest BCUT2D eigenvalue weighted by Gasteiger charge is 2.51. The van der Waals surface area contributed by atoms with Crippen molar-refractivity contribution in [2.75, 3.05) is 0 Å². The number of rotatable bonds is 0. The lowest BCUT2D eigenvalue weighted by atomic mass is 9.86. The quantitative estimate of drug-likeness (QED) is 0.770. The molecule has 0 aromatic heterocycles. The lowest BCUT2D eigenvalue weighted by Crippen LogP contribution is -2.28. The highest BCUT2D eigenvalue weighted by Crippen LogP contribution is 2.53. The lowest BCUT2D eigenvalue weighted by Gasteiger charge is -2.25. The zero-order valence-corrected chi connectivity index (χ0v) is 10.2. The Morgan fingerprint density at radius 2 is 1.37 bits per heavy atom. The predicted octanol–water partition coefficient (Wildman–Crippen LogP) is 2.93. The van der Waals surface area contributed by atoms with Crippen LogP contribution in [0.3, 0.4) is 0 Å². The van der Waals surface area contributed by atoms with Crippen LogP contribution in [0.2, 0.25) is 0 Å². The Balaban J connectivity index is 1.96. The number of fused-ring (bicyclic) bond motifs is 5. The van der Waals surface area contributed by atoms with Crippen molar-refractivity contribution in [3.8, 4) is 0 Å². The fourth-order valence-electron chi connectivity index (χ4n) is 3.69. The van der Waals surface area contributed by atoms with Gasteiger partial charge in [-0.1, -0.05) is 12.1 Å². The zero-order chi connectivity index (χ0) is 13.2. The Morgan fingerprint density at radius 1 is 0.895 bits per heavy atom. The predicted molar refractivity (Wildman–Crippen MR) is 66.7 cm³/mol. The van der Waals surface area contributed by atoms with Crippen molar-refractivity contribution in [3.05, 3.63) is 70.3 Å². The van der Waals surface area contributed by atoms with Crippen LogP contribution in [0.25, 0.3) is 0 Å². The third-order valence-electron chi connectivity index (χ3n) is 4.48. The summed E-state index contributed by atoms with van der Waals surface area (Å²) >= 11 is 0. The number of benzene rings is 2. The van der Waals surface area contributed by atoms with Crippen molar-refractivity contribution < 1.29 is 13.9 Å². The van der Waals surface area contributed by atoms with Crippen LogP contribution in [-0.2, 0) is 18.4 Å². The third kappa shape index (κ3) is 1.31. The summed E-state index contributed by atoms with van der Waals surface area (Å²) in [6.07, 6.45) is 1.28. The maximum absolute atomic E-state index is 13.3. The van der Waals surface area contributed by atoms with E-state index in [9.17, 15) is 13.9 Å². The van der Waals surface area contributed by atoms with Crippen molar-refractivity contribution in [3.63, 3.8) is 0 Å². The number of hydrogen-bond acceptors (Lipinski definition) is 1. The average Bonchev–Trinajstić information content (AvgIpc) is 2.77. The summed E-state index contributed by atoms with van der Waals surface area (Å²) in [5, 5.41) is 11.1. The average molecular weight is 258 g/mol. The largest absolute Gasteiger partial charge is 0.380 e. The molecule has 2 aliphatic carbocycles. The summed E-state index contributed by atoms with van der Waals surface area (Å²) in [6.45, 7) is 0. The minimum absolute atomic E-state index is 0.0129. The molecule has 0 atom stereocenters. The van der Waals surface area contributed by atoms with Gasteiger partial charge < -0.3 is 5.11 Å². The standard InChI is InChI=1S/C16H12F2O/c17-12-1-3-14-9(7-12)5-11-6-10-8-13(18)2-4-15(10)16(11,14)19/h1-4,7-8,11,19H,5-6H2. The summed E-state index contributed by atoms with van der Waals surface area (Å²) in [6, 6.07) is 9.05. The summed E-state index contributed by atoms with van der Waals surface area (Å²) in [5.74, 6) is -0.565. The van der Waals surface area contributed by atoms with Crippen LogP contribution in [0.15, 0.2) is 36.4 Å². The van der Waals surface area contributed by atoms with E-state index < -0.39 is 5.60 Å². The topological polar surface area (TPSA) is 20.2 Å². The van der Waals surface area contributed by atoms with E-state index in [0.717, 1.165) is 22.3 Å². The minimum Gasteiger partial charge on any atom is -0.380 e. The fraction of sp³-hybridized carbons (Fsp3) is 0.250. The van der Waals surface area contributed by atoms with Crippen molar-refractivity contribution in [1.29, 1.82) is 0 Å². The smallest absolute Gasteiger partial charge is 0.123 e. The van der Waals surface area contributed by atoms with E-state index in [0.29, 0.717) is 12.8 Å². The second kappa shape index (κ2) is 3.42. The van der Waals surface area contributed by atoms with Gasteiger partial charge in [0.05, 0.1) is 0 Å². The Hall–Kier alpha value is -1.74. The summed E-state index contributed by atoms with van der Waals surface area (Å²) < 4.78 is 26.6. The maximum Gasteiger partial charge on any atom is 0.123 e. The van der Waals surface area contributed by atoms with Gasteiger partial charge in [-0.25, -0.2) is 8.78 Å². The van der Waals surface area contributed by atoms with Crippen LogP contribution in [0, 0.1) is 17.6 Å². The van der Waals surface area contributed by atoms with E-state index in [-0.39, 0.29) is 17.6 Å². The Morgan fingerprint density at radius 3 is 1.84 bits per heavy atom. The molecule has 0 amide bonds. The van der Waals surface area contributed by atoms with Gasteiger partial charge in [0.2, 0.25) is 0 Å². The first-order valence-corrected chi connectivity index (χ1v) is 6.39. The van der Waals surface area contributed by atoms with E-state index in [1.807, 2.05) is 0 Å². The van der Waals surface area contributed by atoms with Gasteiger partial charge in [-0.2, -0.15) is 0 Å². The number of hydrogen-bond donors (Lipinski definition) is 1. The highest BCUT2D eigenvalue weighted by atomic mass is 19.1. The molecular formula is C16H12F2O. The molecule has 0 heterocycles.